The standard InChI is InChI=1S/C52H54N6O8.C26H27N3O4/c1-44(2)19-15-25-29(65-44)13-11-27-33-36-50-28-12-14-30-26(16-20-45(3,4)66-30)35(28)58(64)38(50)47(7,8)31-23-48-17-9-21-54(48)42(61)51(31,53-40(48)59)39(50)56-41(60)49-18-10-22-55(49)43(62)52(36,56)32(24-49)46(5,6)37(33)57(63)34(25)27;1-23(2)10-8-15-17(33-23)7-6-14-16-12-26-18(24(3,4)20(16)29(32)19(14)15)13-25(21(30)27-26)9-5-11-28(25)22(26)31/h11-16,19-20,31-32,36,39,63H,9-10,17-18,21-24H2,1-8H3,(H,53,59);6-8,10,12,18H,5,9,11,13H2,1-4H3,(H,27,30)/t31-,32?,36-,39?,48-,49?,50?,51?,52+;18?,25-,26+/m01/s1. The quantitative estimate of drug-likeness (QED) is 0.0849. The number of ether oxygens (including phenoxy) is 3. The first-order chi connectivity index (χ1) is 46.6. The van der Waals surface area contributed by atoms with E-state index in [0.29, 0.717) is 150 Å². The maximum atomic E-state index is 16.8. The molecule has 21 aliphatic rings. The Morgan fingerprint density at radius 3 is 1.74 bits per heavy atom. The third-order valence-electron chi connectivity index (χ3n) is 28.9. The van der Waals surface area contributed by atoms with Crippen molar-refractivity contribution in [2.45, 2.75) is 214 Å². The number of amides is 6. The molecule has 510 valence electrons. The minimum absolute atomic E-state index is 0.0238. The average Bonchev–Trinajstić information content (AvgIpc) is 1.42. The number of carbonyl (C=O) groups excluding carboxylic acids is 6. The second-order valence-electron chi connectivity index (χ2n) is 35.7. The van der Waals surface area contributed by atoms with E-state index in [1.165, 1.54) is 4.73 Å². The summed E-state index contributed by atoms with van der Waals surface area (Å²) in [7, 11) is 0. The molecule has 6 bridgehead atoms. The maximum absolute atomic E-state index is 16.8. The van der Waals surface area contributed by atoms with Crippen LogP contribution in [-0.2, 0) is 39.6 Å². The summed E-state index contributed by atoms with van der Waals surface area (Å²) in [5.41, 5.74) is -5.46. The van der Waals surface area contributed by atoms with Crippen LogP contribution in [0.3, 0.4) is 0 Å². The van der Waals surface area contributed by atoms with Crippen LogP contribution in [0.4, 0.5) is 11.4 Å². The molecule has 4 aromatic rings. The van der Waals surface area contributed by atoms with Crippen LogP contribution in [0.2, 0.25) is 0 Å². The molecule has 6 amide bonds. The van der Waals surface area contributed by atoms with E-state index in [-0.39, 0.29) is 41.4 Å². The van der Waals surface area contributed by atoms with Gasteiger partial charge in [-0.25, -0.2) is 0 Å². The molecule has 13 saturated heterocycles. The predicted molar refractivity (Wildman–Crippen MR) is 363 cm³/mol. The molecule has 7 spiro atoms. The van der Waals surface area contributed by atoms with Gasteiger partial charge in [-0.2, -0.15) is 14.2 Å². The Labute approximate surface area is 572 Å². The molecule has 14 fully saturated rings. The Morgan fingerprint density at radius 1 is 0.556 bits per heavy atom. The van der Waals surface area contributed by atoms with Crippen LogP contribution >= 0.6 is 0 Å². The molecule has 1 saturated carbocycles. The molecule has 99 heavy (non-hydrogen) atoms. The number of aromatic nitrogens is 1. The molecule has 12 atom stereocenters. The van der Waals surface area contributed by atoms with Gasteiger partial charge in [-0.1, -0.05) is 13.8 Å². The number of allylic oxidation sites excluding steroid dienone is 1. The van der Waals surface area contributed by atoms with Crippen LogP contribution in [0, 0.1) is 39.0 Å². The van der Waals surface area contributed by atoms with E-state index >= 15 is 24.4 Å². The van der Waals surface area contributed by atoms with Gasteiger partial charge in [0.2, 0.25) is 40.7 Å². The van der Waals surface area contributed by atoms with Crippen molar-refractivity contribution in [2.24, 2.45) is 28.6 Å². The molecular formula is C78H81N9O12. The SMILES string of the molecule is CC1(C)C=Cc2c(ccc3c2[N+]([O-])=C2C(C)(C)[C@@H]4C[C@]56CCCN5C(=O)C4(NC6=O)C4N5C(=O)C67CCCN6C(=O)[C@]56C(C7)C(C)(C)c5c(c7ccc8c(c7n5O)C=CC(C)(C)O8)[C@H]6C234)O1.CC1(C)C=Cc2c(ccc3c2[N+]([O-])=C2C3=C[C@@]34NC(=O)[C@@]5(CCCN5C3=O)CC4C2(C)C)O1. The average molecular weight is 1340 g/mol. The first-order valence-corrected chi connectivity index (χ1v) is 35.9. The number of piperazine rings is 3. The largest absolute Gasteiger partial charge is 0.618 e. The first kappa shape index (κ1) is 59.0. The van der Waals surface area contributed by atoms with Crippen molar-refractivity contribution in [1.82, 2.24) is 35.0 Å². The van der Waals surface area contributed by atoms with Crippen molar-refractivity contribution in [3.8, 4) is 17.2 Å². The van der Waals surface area contributed by atoms with E-state index in [4.69, 9.17) is 14.2 Å². The highest BCUT2D eigenvalue weighted by Crippen LogP contribution is 2.81. The van der Waals surface area contributed by atoms with Crippen LogP contribution in [0.5, 0.6) is 17.2 Å². The van der Waals surface area contributed by atoms with Crippen molar-refractivity contribution in [1.29, 1.82) is 0 Å². The number of piperidine rings is 6. The van der Waals surface area contributed by atoms with Crippen LogP contribution in [0.25, 0.3) is 34.7 Å². The summed E-state index contributed by atoms with van der Waals surface area (Å²) in [5, 5.41) is 50.8. The molecule has 18 aliphatic heterocycles. The molecule has 3 aliphatic carbocycles. The highest BCUT2D eigenvalue weighted by Gasteiger charge is 2.96. The summed E-state index contributed by atoms with van der Waals surface area (Å²) in [6.45, 7) is 25.7. The molecule has 19 heterocycles. The van der Waals surface area contributed by atoms with Gasteiger partial charge in [0, 0.05) is 65.2 Å². The third kappa shape index (κ3) is 5.85. The Balaban J connectivity index is 0.000000163. The zero-order valence-electron chi connectivity index (χ0n) is 57.9. The van der Waals surface area contributed by atoms with Crippen molar-refractivity contribution in [2.75, 3.05) is 19.6 Å². The molecule has 6 unspecified atom stereocenters. The van der Waals surface area contributed by atoms with E-state index in [9.17, 15) is 20.0 Å². The molecule has 21 heteroatoms. The predicted octanol–water partition coefficient (Wildman–Crippen LogP) is 8.93. The van der Waals surface area contributed by atoms with Gasteiger partial charge in [-0.15, -0.1) is 0 Å². The number of fused-ring (bicyclic) bond motifs is 16. The fourth-order valence-electron chi connectivity index (χ4n) is 25.4. The Kier molecular flexibility index (Phi) is 9.90. The molecule has 25 rings (SSSR count). The molecule has 1 aromatic heterocycles. The van der Waals surface area contributed by atoms with Crippen LogP contribution in [0.15, 0.2) is 60.7 Å². The van der Waals surface area contributed by atoms with Crippen LogP contribution < -0.4 is 24.8 Å². The van der Waals surface area contributed by atoms with Gasteiger partial charge in [-0.3, -0.25) is 28.8 Å². The molecule has 3 aromatic carbocycles. The topological polar surface area (TPSA) is 244 Å². The maximum Gasteiger partial charge on any atom is 0.253 e. The number of nitrogens with one attached hydrogen (secondary N) is 2. The normalized spacial score (nSPS) is 38.9. The molecular weight excluding hydrogens is 1250 g/mol. The lowest BCUT2D eigenvalue weighted by atomic mass is 9.39. The number of rotatable bonds is 0. The van der Waals surface area contributed by atoms with Gasteiger partial charge in [-0.05, 0) is 212 Å². The summed E-state index contributed by atoms with van der Waals surface area (Å²) in [4.78, 5) is 99.4. The lowest BCUT2D eigenvalue weighted by Gasteiger charge is -2.70. The highest BCUT2D eigenvalue weighted by molar-refractivity contribution is 6.30. The van der Waals surface area contributed by atoms with Crippen molar-refractivity contribution < 1.29 is 57.7 Å². The van der Waals surface area contributed by atoms with Crippen molar-refractivity contribution in [3.63, 3.8) is 0 Å². The van der Waals surface area contributed by atoms with Gasteiger partial charge in [0.25, 0.3) is 11.8 Å². The second kappa shape index (κ2) is 16.6. The van der Waals surface area contributed by atoms with E-state index in [0.717, 1.165) is 32.6 Å². The summed E-state index contributed by atoms with van der Waals surface area (Å²) < 4.78 is 22.7. The van der Waals surface area contributed by atoms with E-state index < -0.39 is 95.5 Å². The number of benzene rings is 3. The number of hydrogen-bond acceptors (Lipinski definition) is 12. The van der Waals surface area contributed by atoms with Crippen molar-refractivity contribution in [3.05, 3.63) is 110 Å². The summed E-state index contributed by atoms with van der Waals surface area (Å²) in [6, 6.07) is 10.4. The summed E-state index contributed by atoms with van der Waals surface area (Å²) >= 11 is 0. The highest BCUT2D eigenvalue weighted by atomic mass is 16.5. The minimum atomic E-state index is -1.73. The van der Waals surface area contributed by atoms with Gasteiger partial charge in [0.1, 0.15) is 72.7 Å². The van der Waals surface area contributed by atoms with Crippen molar-refractivity contribution >= 4 is 92.9 Å². The minimum Gasteiger partial charge on any atom is -0.618 e. The first-order valence-electron chi connectivity index (χ1n) is 35.9. The zero-order chi connectivity index (χ0) is 68.9. The monoisotopic (exact) mass is 1340 g/mol. The second-order valence-corrected chi connectivity index (χ2v) is 35.7. The number of nitrogens with zero attached hydrogens (tertiary/aromatic N) is 7. The fraction of sp³-hybridized carbons (Fsp3) is 0.538. The molecule has 3 N–H and O–H groups in total. The zero-order valence-corrected chi connectivity index (χ0v) is 57.9. The Hall–Kier alpha value is -8.88. The summed E-state index contributed by atoms with van der Waals surface area (Å²) in [5.74, 6) is -1.50. The lowest BCUT2D eigenvalue weighted by molar-refractivity contribution is -0.367. The Bertz CT molecular complexity index is 5000. The van der Waals surface area contributed by atoms with E-state index in [1.807, 2.05) is 135 Å². The number of carbonyl (C=O) groups is 6. The van der Waals surface area contributed by atoms with E-state index in [2.05, 4.69) is 52.2 Å². The summed E-state index contributed by atoms with van der Waals surface area (Å²) in [6.07, 6.45) is 18.7. The molecule has 21 nitrogen and oxygen atoms in total. The van der Waals surface area contributed by atoms with Gasteiger partial charge in [0.15, 0.2) is 5.71 Å². The van der Waals surface area contributed by atoms with Gasteiger partial charge >= 0.3 is 0 Å². The lowest BCUT2D eigenvalue weighted by Crippen LogP contribution is -2.93. The van der Waals surface area contributed by atoms with Crippen LogP contribution in [0.1, 0.15) is 186 Å². The Morgan fingerprint density at radius 2 is 1.09 bits per heavy atom. The van der Waals surface area contributed by atoms with Crippen LogP contribution in [-0.4, -0.2) is 162 Å². The fourth-order valence-corrected chi connectivity index (χ4v) is 25.4. The third-order valence-corrected chi connectivity index (χ3v) is 28.9. The smallest absolute Gasteiger partial charge is 0.253 e. The van der Waals surface area contributed by atoms with E-state index in [1.54, 1.807) is 4.90 Å². The molecule has 0 radical (unpaired) electrons. The van der Waals surface area contributed by atoms with Gasteiger partial charge in [0.05, 0.1) is 50.3 Å². The van der Waals surface area contributed by atoms with Gasteiger partial charge < -0.3 is 60.1 Å². The number of hydrogen-bond donors (Lipinski definition) is 3.